The largest absolute Gasteiger partial charge is 0.354 e. The van der Waals surface area contributed by atoms with Crippen LogP contribution in [0.4, 0.5) is 10.1 Å². The summed E-state index contributed by atoms with van der Waals surface area (Å²) in [5.74, 6) is -1.56. The first-order chi connectivity index (χ1) is 18.6. The zero-order chi connectivity index (χ0) is 28.6. The minimum Gasteiger partial charge on any atom is -0.354 e. The third-order valence-corrected chi connectivity index (χ3v) is 8.39. The van der Waals surface area contributed by atoms with Crippen LogP contribution in [0, 0.1) is 5.82 Å². The second-order valence-electron chi connectivity index (χ2n) is 8.77. The molecule has 0 aliphatic carbocycles. The van der Waals surface area contributed by atoms with Crippen LogP contribution in [0.15, 0.2) is 77.7 Å². The monoisotopic (exact) mass is 593 g/mol. The fourth-order valence-electron chi connectivity index (χ4n) is 3.98. The maximum atomic E-state index is 13.9. The fourth-order valence-corrected chi connectivity index (χ4v) is 5.86. The molecular weight excluding hydrogens is 564 g/mol. The van der Waals surface area contributed by atoms with Crippen molar-refractivity contribution in [1.82, 2.24) is 10.2 Å². The van der Waals surface area contributed by atoms with E-state index in [9.17, 15) is 22.4 Å². The highest BCUT2D eigenvalue weighted by Crippen LogP contribution is 2.27. The van der Waals surface area contributed by atoms with Gasteiger partial charge in [0.2, 0.25) is 11.8 Å². The van der Waals surface area contributed by atoms with E-state index in [1.165, 1.54) is 11.0 Å². The van der Waals surface area contributed by atoms with Gasteiger partial charge >= 0.3 is 0 Å². The first kappa shape index (κ1) is 30.4. The molecule has 7 nitrogen and oxygen atoms in total. The third kappa shape index (κ3) is 7.71. The Hall–Kier alpha value is -3.14. The summed E-state index contributed by atoms with van der Waals surface area (Å²) in [6.45, 7) is 3.45. The van der Waals surface area contributed by atoms with E-state index in [4.69, 9.17) is 23.2 Å². The SMILES string of the molecule is CCCNC(=O)[C@@H](CC)N(Cc1ccc(Cl)cc1Cl)C(=O)CN(c1ccccc1)S(=O)(=O)c1ccc(F)cc1. The molecule has 0 saturated heterocycles. The van der Waals surface area contributed by atoms with E-state index in [2.05, 4.69) is 5.32 Å². The van der Waals surface area contributed by atoms with Gasteiger partial charge in [0.15, 0.2) is 0 Å². The van der Waals surface area contributed by atoms with E-state index in [1.54, 1.807) is 49.4 Å². The smallest absolute Gasteiger partial charge is 0.264 e. The zero-order valence-electron chi connectivity index (χ0n) is 21.6. The van der Waals surface area contributed by atoms with Gasteiger partial charge in [0.1, 0.15) is 18.4 Å². The number of nitrogens with one attached hydrogen (secondary N) is 1. The van der Waals surface area contributed by atoms with Gasteiger partial charge in [-0.25, -0.2) is 12.8 Å². The van der Waals surface area contributed by atoms with Gasteiger partial charge in [-0.3, -0.25) is 13.9 Å². The average Bonchev–Trinajstić information content (AvgIpc) is 2.92. The van der Waals surface area contributed by atoms with Crippen molar-refractivity contribution in [3.05, 3.63) is 94.2 Å². The number of rotatable bonds is 12. The van der Waals surface area contributed by atoms with Crippen molar-refractivity contribution < 1.29 is 22.4 Å². The summed E-state index contributed by atoms with van der Waals surface area (Å²) in [6, 6.07) is 16.4. The third-order valence-electron chi connectivity index (χ3n) is 6.02. The predicted molar refractivity (Wildman–Crippen MR) is 152 cm³/mol. The van der Waals surface area contributed by atoms with Crippen molar-refractivity contribution in [2.45, 2.75) is 44.2 Å². The van der Waals surface area contributed by atoms with Crippen molar-refractivity contribution in [2.75, 3.05) is 17.4 Å². The molecule has 0 unspecified atom stereocenters. The molecule has 0 saturated carbocycles. The summed E-state index contributed by atoms with van der Waals surface area (Å²) in [4.78, 5) is 28.2. The minimum absolute atomic E-state index is 0.0495. The lowest BCUT2D eigenvalue weighted by Gasteiger charge is -2.33. The van der Waals surface area contributed by atoms with Crippen LogP contribution in [-0.2, 0) is 26.2 Å². The summed E-state index contributed by atoms with van der Waals surface area (Å²) in [6.07, 6.45) is 0.985. The molecule has 0 aliphatic heterocycles. The molecule has 0 aromatic heterocycles. The Morgan fingerprint density at radius 1 is 0.974 bits per heavy atom. The van der Waals surface area contributed by atoms with Crippen molar-refractivity contribution in [2.24, 2.45) is 0 Å². The molecule has 3 aromatic carbocycles. The Labute approximate surface area is 238 Å². The second-order valence-corrected chi connectivity index (χ2v) is 11.5. The number of carbonyl (C=O) groups excluding carboxylic acids is 2. The molecule has 3 aromatic rings. The summed E-state index contributed by atoms with van der Waals surface area (Å²) in [5, 5.41) is 3.54. The van der Waals surface area contributed by atoms with Gasteiger partial charge in [-0.15, -0.1) is 0 Å². The van der Waals surface area contributed by atoms with Crippen LogP contribution >= 0.6 is 23.2 Å². The summed E-state index contributed by atoms with van der Waals surface area (Å²) < 4.78 is 41.9. The fraction of sp³-hybridized carbons (Fsp3) is 0.286. The highest BCUT2D eigenvalue weighted by Gasteiger charge is 2.33. The Morgan fingerprint density at radius 3 is 2.23 bits per heavy atom. The van der Waals surface area contributed by atoms with Crippen LogP contribution in [0.1, 0.15) is 32.3 Å². The molecular formula is C28H30Cl2FN3O4S. The lowest BCUT2D eigenvalue weighted by atomic mass is 10.1. The van der Waals surface area contributed by atoms with Gasteiger partial charge in [0, 0.05) is 23.1 Å². The number of halogens is 3. The van der Waals surface area contributed by atoms with Crippen molar-refractivity contribution in [3.63, 3.8) is 0 Å². The van der Waals surface area contributed by atoms with E-state index in [1.807, 2.05) is 6.92 Å². The summed E-state index contributed by atoms with van der Waals surface area (Å²) in [5.41, 5.74) is 0.784. The number of hydrogen-bond acceptors (Lipinski definition) is 4. The van der Waals surface area contributed by atoms with Gasteiger partial charge in [-0.2, -0.15) is 0 Å². The quantitative estimate of drug-likeness (QED) is 0.293. The Kier molecular flexibility index (Phi) is 10.7. The zero-order valence-corrected chi connectivity index (χ0v) is 23.9. The number of nitrogens with zero attached hydrogens (tertiary/aromatic N) is 2. The highest BCUT2D eigenvalue weighted by molar-refractivity contribution is 7.92. The van der Waals surface area contributed by atoms with E-state index in [0.717, 1.165) is 28.6 Å². The molecule has 1 atom stereocenters. The number of anilines is 1. The second kappa shape index (κ2) is 13.8. The normalized spacial score (nSPS) is 12.0. The maximum Gasteiger partial charge on any atom is 0.264 e. The molecule has 0 aliphatic rings. The first-order valence-electron chi connectivity index (χ1n) is 12.4. The molecule has 208 valence electrons. The topological polar surface area (TPSA) is 86.8 Å². The Bertz CT molecular complexity index is 1390. The summed E-state index contributed by atoms with van der Waals surface area (Å²) in [7, 11) is -4.28. The predicted octanol–water partition coefficient (Wildman–Crippen LogP) is 5.66. The van der Waals surface area contributed by atoms with E-state index in [0.29, 0.717) is 28.6 Å². The number of para-hydroxylation sites is 1. The van der Waals surface area contributed by atoms with Crippen LogP contribution in [0.5, 0.6) is 0 Å². The van der Waals surface area contributed by atoms with Crippen molar-refractivity contribution >= 4 is 50.7 Å². The molecule has 39 heavy (non-hydrogen) atoms. The number of amides is 2. The van der Waals surface area contributed by atoms with Crippen LogP contribution < -0.4 is 9.62 Å². The molecule has 3 rings (SSSR count). The van der Waals surface area contributed by atoms with Crippen LogP contribution in [0.2, 0.25) is 10.0 Å². The molecule has 0 radical (unpaired) electrons. The molecule has 11 heteroatoms. The number of carbonyl (C=O) groups is 2. The van der Waals surface area contributed by atoms with Crippen LogP contribution in [0.3, 0.4) is 0 Å². The lowest BCUT2D eigenvalue weighted by molar-refractivity contribution is -0.140. The van der Waals surface area contributed by atoms with Gasteiger partial charge < -0.3 is 10.2 Å². The van der Waals surface area contributed by atoms with Gasteiger partial charge in [-0.05, 0) is 66.9 Å². The minimum atomic E-state index is -4.28. The standard InChI is InChI=1S/C28H30Cl2FN3O4S/c1-3-16-32-28(36)26(4-2)33(18-20-10-11-21(29)17-25(20)30)27(35)19-34(23-8-6-5-7-9-23)39(37,38)24-14-12-22(31)13-15-24/h5-15,17,26H,3-4,16,18-19H2,1-2H3,(H,32,36)/t26-/m1/s1. The van der Waals surface area contributed by atoms with Crippen molar-refractivity contribution in [1.29, 1.82) is 0 Å². The highest BCUT2D eigenvalue weighted by atomic mass is 35.5. The summed E-state index contributed by atoms with van der Waals surface area (Å²) >= 11 is 12.4. The first-order valence-corrected chi connectivity index (χ1v) is 14.6. The number of sulfonamides is 1. The van der Waals surface area contributed by atoms with E-state index < -0.39 is 34.3 Å². The van der Waals surface area contributed by atoms with E-state index >= 15 is 0 Å². The average molecular weight is 595 g/mol. The Morgan fingerprint density at radius 2 is 1.64 bits per heavy atom. The van der Waals surface area contributed by atoms with Gasteiger partial charge in [0.05, 0.1) is 10.6 Å². The molecule has 0 bridgehead atoms. The van der Waals surface area contributed by atoms with Gasteiger partial charge in [-0.1, -0.05) is 61.3 Å². The maximum absolute atomic E-state index is 13.9. The van der Waals surface area contributed by atoms with Crippen LogP contribution in [0.25, 0.3) is 0 Å². The Balaban J connectivity index is 2.04. The van der Waals surface area contributed by atoms with E-state index in [-0.39, 0.29) is 29.5 Å². The molecule has 0 spiro atoms. The lowest BCUT2D eigenvalue weighted by Crippen LogP contribution is -2.52. The number of benzene rings is 3. The van der Waals surface area contributed by atoms with Crippen LogP contribution in [-0.4, -0.2) is 44.3 Å². The number of hydrogen-bond donors (Lipinski definition) is 1. The molecule has 0 fully saturated rings. The molecule has 1 N–H and O–H groups in total. The van der Waals surface area contributed by atoms with Crippen molar-refractivity contribution in [3.8, 4) is 0 Å². The molecule has 0 heterocycles. The van der Waals surface area contributed by atoms with Gasteiger partial charge in [0.25, 0.3) is 10.0 Å². The molecule has 2 amide bonds.